The molecular weight excluding hydrogens is 300 g/mol. The lowest BCUT2D eigenvalue weighted by Gasteiger charge is -2.16. The van der Waals surface area contributed by atoms with E-state index in [0.29, 0.717) is 19.6 Å². The number of benzene rings is 1. The van der Waals surface area contributed by atoms with Crippen LogP contribution in [0, 0.1) is 0 Å². The molecule has 1 saturated heterocycles. The number of hydrogen-bond acceptors (Lipinski definition) is 6. The molecule has 0 radical (unpaired) electrons. The first-order chi connectivity index (χ1) is 10.9. The minimum Gasteiger partial charge on any atom is -0.497 e. The van der Waals surface area contributed by atoms with E-state index in [9.17, 15) is 4.79 Å². The smallest absolute Gasteiger partial charge is 0.337 e. The number of methoxy groups -OCH3 is 2. The summed E-state index contributed by atoms with van der Waals surface area (Å²) in [6.07, 6.45) is -0.521. The summed E-state index contributed by atoms with van der Waals surface area (Å²) < 4.78 is 26.9. The molecule has 0 aliphatic carbocycles. The first-order valence-corrected chi connectivity index (χ1v) is 7.59. The van der Waals surface area contributed by atoms with Crippen LogP contribution in [0.5, 0.6) is 5.75 Å². The summed E-state index contributed by atoms with van der Waals surface area (Å²) in [6, 6.07) is 7.69. The lowest BCUT2D eigenvalue weighted by Crippen LogP contribution is -2.33. The van der Waals surface area contributed by atoms with E-state index in [1.165, 1.54) is 7.11 Å². The maximum Gasteiger partial charge on any atom is 0.337 e. The van der Waals surface area contributed by atoms with Crippen LogP contribution in [0.25, 0.3) is 0 Å². The van der Waals surface area contributed by atoms with Crippen LogP contribution in [0.15, 0.2) is 24.3 Å². The molecule has 1 aromatic rings. The average Bonchev–Trinajstić information content (AvgIpc) is 2.86. The summed E-state index contributed by atoms with van der Waals surface area (Å²) >= 11 is 0. The van der Waals surface area contributed by atoms with Crippen LogP contribution in [0.3, 0.4) is 0 Å². The van der Waals surface area contributed by atoms with Crippen molar-refractivity contribution in [2.75, 3.05) is 20.8 Å². The van der Waals surface area contributed by atoms with Crippen LogP contribution in [-0.2, 0) is 30.3 Å². The molecule has 0 aromatic heterocycles. The van der Waals surface area contributed by atoms with Crippen LogP contribution in [0.2, 0.25) is 0 Å². The third-order valence-electron chi connectivity index (χ3n) is 3.59. The molecule has 0 bridgehead atoms. The predicted octanol–water partition coefficient (Wildman–Crippen LogP) is 2.29. The highest BCUT2D eigenvalue weighted by Gasteiger charge is 2.45. The maximum atomic E-state index is 11.7. The molecule has 2 rings (SSSR count). The summed E-state index contributed by atoms with van der Waals surface area (Å²) in [4.78, 5) is 11.7. The van der Waals surface area contributed by atoms with E-state index in [2.05, 4.69) is 0 Å². The summed E-state index contributed by atoms with van der Waals surface area (Å²) in [5.74, 6) is -0.399. The Morgan fingerprint density at radius 2 is 1.87 bits per heavy atom. The van der Waals surface area contributed by atoms with Gasteiger partial charge in [0.2, 0.25) is 0 Å². The maximum absolute atomic E-state index is 11.7. The summed E-state index contributed by atoms with van der Waals surface area (Å²) in [7, 11) is 2.97. The van der Waals surface area contributed by atoms with Crippen molar-refractivity contribution in [3.05, 3.63) is 29.8 Å². The minimum absolute atomic E-state index is 0.367. The Morgan fingerprint density at radius 1 is 1.17 bits per heavy atom. The fraction of sp³-hybridized carbons (Fsp3) is 0.588. The van der Waals surface area contributed by atoms with E-state index in [0.717, 1.165) is 11.3 Å². The molecule has 128 valence electrons. The molecule has 0 saturated carbocycles. The van der Waals surface area contributed by atoms with E-state index in [1.54, 1.807) is 21.0 Å². The van der Waals surface area contributed by atoms with Crippen molar-refractivity contribution >= 4 is 5.97 Å². The third kappa shape index (κ3) is 4.92. The highest BCUT2D eigenvalue weighted by atomic mass is 16.8. The molecule has 0 spiro atoms. The first-order valence-electron chi connectivity index (χ1n) is 7.59. The van der Waals surface area contributed by atoms with Gasteiger partial charge in [-0.05, 0) is 31.5 Å². The molecule has 0 amide bonds. The van der Waals surface area contributed by atoms with E-state index in [1.807, 2.05) is 24.3 Å². The van der Waals surface area contributed by atoms with Gasteiger partial charge in [0, 0.05) is 13.0 Å². The van der Waals surface area contributed by atoms with Gasteiger partial charge < -0.3 is 23.7 Å². The molecule has 0 N–H and O–H groups in total. The SMILES string of the molecule is COC(=O)[C@@H]1OC(C)(C)O[C@H]1CCOCc1ccc(OC)cc1. The molecule has 1 aliphatic rings. The van der Waals surface area contributed by atoms with Crippen molar-refractivity contribution in [1.29, 1.82) is 0 Å². The molecule has 23 heavy (non-hydrogen) atoms. The zero-order valence-corrected chi connectivity index (χ0v) is 14.0. The fourth-order valence-corrected chi connectivity index (χ4v) is 2.47. The predicted molar refractivity (Wildman–Crippen MR) is 83.1 cm³/mol. The molecule has 0 unspecified atom stereocenters. The average molecular weight is 324 g/mol. The molecule has 6 nitrogen and oxygen atoms in total. The Kier molecular flexibility index (Phi) is 5.98. The van der Waals surface area contributed by atoms with Crippen molar-refractivity contribution in [2.24, 2.45) is 0 Å². The standard InChI is InChI=1S/C17H24O6/c1-17(2)22-14(15(23-17)16(18)20-4)9-10-21-11-12-5-7-13(19-3)8-6-12/h5-8,14-15H,9-11H2,1-4H3/t14-,15+/m0/s1. The lowest BCUT2D eigenvalue weighted by molar-refractivity contribution is -0.168. The Hall–Kier alpha value is -1.63. The number of esters is 1. The number of carbonyl (C=O) groups is 1. The van der Waals surface area contributed by atoms with E-state index < -0.39 is 17.9 Å². The van der Waals surface area contributed by atoms with Gasteiger partial charge in [0.1, 0.15) is 11.9 Å². The van der Waals surface area contributed by atoms with E-state index >= 15 is 0 Å². The number of hydrogen-bond donors (Lipinski definition) is 0. The van der Waals surface area contributed by atoms with Crippen LogP contribution < -0.4 is 4.74 Å². The van der Waals surface area contributed by atoms with E-state index in [-0.39, 0.29) is 6.10 Å². The molecule has 6 heteroatoms. The van der Waals surface area contributed by atoms with Gasteiger partial charge in [0.15, 0.2) is 11.9 Å². The molecule has 1 aliphatic heterocycles. The Bertz CT molecular complexity index is 510. The Labute approximate surface area is 136 Å². The number of rotatable bonds is 7. The number of ether oxygens (including phenoxy) is 5. The Balaban J connectivity index is 1.78. The second-order valence-corrected chi connectivity index (χ2v) is 5.81. The first kappa shape index (κ1) is 17.7. The van der Waals surface area contributed by atoms with Crippen molar-refractivity contribution in [3.63, 3.8) is 0 Å². The summed E-state index contributed by atoms with van der Waals surface area (Å²) in [6.45, 7) is 4.51. The topological polar surface area (TPSA) is 63.2 Å². The second-order valence-electron chi connectivity index (χ2n) is 5.81. The van der Waals surface area contributed by atoms with Crippen LogP contribution in [0.1, 0.15) is 25.8 Å². The van der Waals surface area contributed by atoms with Crippen LogP contribution in [-0.4, -0.2) is 44.8 Å². The largest absolute Gasteiger partial charge is 0.497 e. The van der Waals surface area contributed by atoms with Crippen LogP contribution in [0.4, 0.5) is 0 Å². The van der Waals surface area contributed by atoms with Gasteiger partial charge in [0.05, 0.1) is 20.8 Å². The van der Waals surface area contributed by atoms with E-state index in [4.69, 9.17) is 23.7 Å². The summed E-state index contributed by atoms with van der Waals surface area (Å²) in [5.41, 5.74) is 1.05. The van der Waals surface area contributed by atoms with Gasteiger partial charge >= 0.3 is 5.97 Å². The van der Waals surface area contributed by atoms with Gasteiger partial charge in [0.25, 0.3) is 0 Å². The zero-order chi connectivity index (χ0) is 16.9. The molecular formula is C17H24O6. The van der Waals surface area contributed by atoms with Gasteiger partial charge in [-0.15, -0.1) is 0 Å². The zero-order valence-electron chi connectivity index (χ0n) is 14.0. The fourth-order valence-electron chi connectivity index (χ4n) is 2.47. The van der Waals surface area contributed by atoms with Gasteiger partial charge in [-0.3, -0.25) is 0 Å². The highest BCUT2D eigenvalue weighted by molar-refractivity contribution is 5.75. The summed E-state index contributed by atoms with van der Waals surface area (Å²) in [5, 5.41) is 0. The molecule has 1 heterocycles. The number of carbonyl (C=O) groups excluding carboxylic acids is 1. The highest BCUT2D eigenvalue weighted by Crippen LogP contribution is 2.30. The van der Waals surface area contributed by atoms with Gasteiger partial charge in [-0.1, -0.05) is 12.1 Å². The van der Waals surface area contributed by atoms with Crippen LogP contribution >= 0.6 is 0 Å². The van der Waals surface area contributed by atoms with Crippen molar-refractivity contribution in [1.82, 2.24) is 0 Å². The molecule has 1 aromatic carbocycles. The quantitative estimate of drug-likeness (QED) is 0.566. The van der Waals surface area contributed by atoms with Gasteiger partial charge in [-0.25, -0.2) is 4.79 Å². The normalized spacial score (nSPS) is 22.8. The van der Waals surface area contributed by atoms with Crippen molar-refractivity contribution < 1.29 is 28.5 Å². The third-order valence-corrected chi connectivity index (χ3v) is 3.59. The van der Waals surface area contributed by atoms with Gasteiger partial charge in [-0.2, -0.15) is 0 Å². The second kappa shape index (κ2) is 7.77. The lowest BCUT2D eigenvalue weighted by atomic mass is 10.1. The monoisotopic (exact) mass is 324 g/mol. The van der Waals surface area contributed by atoms with Crippen molar-refractivity contribution in [3.8, 4) is 5.75 Å². The Morgan fingerprint density at radius 3 is 2.48 bits per heavy atom. The minimum atomic E-state index is -0.792. The molecule has 1 fully saturated rings. The van der Waals surface area contributed by atoms with Crippen molar-refractivity contribution in [2.45, 2.75) is 44.9 Å². The molecule has 2 atom stereocenters.